The second-order valence-electron chi connectivity index (χ2n) is 4.59. The van der Waals surface area contributed by atoms with Crippen molar-refractivity contribution < 1.29 is 9.84 Å². The number of piperazine rings is 1. The lowest BCUT2D eigenvalue weighted by molar-refractivity contribution is 0.173. The van der Waals surface area contributed by atoms with Crippen molar-refractivity contribution in [2.75, 3.05) is 33.3 Å². The van der Waals surface area contributed by atoms with Gasteiger partial charge in [-0.2, -0.15) is 5.26 Å². The fourth-order valence-electron chi connectivity index (χ4n) is 2.45. The molecule has 1 heterocycles. The van der Waals surface area contributed by atoms with Crippen LogP contribution in [-0.4, -0.2) is 43.3 Å². The molecule has 19 heavy (non-hydrogen) atoms. The fourth-order valence-corrected chi connectivity index (χ4v) is 2.45. The van der Waals surface area contributed by atoms with Crippen molar-refractivity contribution in [3.8, 4) is 17.6 Å². The Morgan fingerprint density at radius 2 is 2.21 bits per heavy atom. The molecule has 0 unspecified atom stereocenters. The topological polar surface area (TPSA) is 68.5 Å². The molecule has 1 aromatic rings. The van der Waals surface area contributed by atoms with Crippen LogP contribution in [-0.2, 0) is 0 Å². The number of nitrogens with zero attached hydrogens (tertiary/aromatic N) is 2. The molecule has 0 bridgehead atoms. The first-order valence-corrected chi connectivity index (χ1v) is 6.45. The second-order valence-corrected chi connectivity index (χ2v) is 4.59. The normalized spacial score (nSPS) is 17.7. The minimum absolute atomic E-state index is 0.0574. The van der Waals surface area contributed by atoms with E-state index in [0.29, 0.717) is 12.2 Å². The summed E-state index contributed by atoms with van der Waals surface area (Å²) in [7, 11) is 1.57. The summed E-state index contributed by atoms with van der Waals surface area (Å²) in [5.74, 6) is 0.815. The van der Waals surface area contributed by atoms with Gasteiger partial charge in [0.25, 0.3) is 0 Å². The van der Waals surface area contributed by atoms with Crippen molar-refractivity contribution in [1.82, 2.24) is 10.2 Å². The standard InChI is InChI=1S/C14H19N3O2/c1-19-11-2-3-12(14(18)10-11)13(4-5-15)17-8-6-16-7-9-17/h2-3,10,13,16,18H,4,6-9H2,1H3/t13-/m1/s1. The number of phenols is 1. The molecular weight excluding hydrogens is 242 g/mol. The first-order chi connectivity index (χ1) is 9.26. The molecule has 1 aliphatic heterocycles. The molecule has 102 valence electrons. The molecule has 5 nitrogen and oxygen atoms in total. The Bertz CT molecular complexity index is 464. The van der Waals surface area contributed by atoms with Crippen LogP contribution < -0.4 is 10.1 Å². The summed E-state index contributed by atoms with van der Waals surface area (Å²) in [6.07, 6.45) is 0.375. The van der Waals surface area contributed by atoms with Crippen LogP contribution in [0.25, 0.3) is 0 Å². The third-order valence-corrected chi connectivity index (χ3v) is 3.47. The summed E-state index contributed by atoms with van der Waals surface area (Å²) < 4.78 is 5.09. The van der Waals surface area contributed by atoms with Crippen LogP contribution in [0.5, 0.6) is 11.5 Å². The molecule has 2 rings (SSSR count). The van der Waals surface area contributed by atoms with E-state index in [1.54, 1.807) is 13.2 Å². The molecule has 0 radical (unpaired) electrons. The number of rotatable bonds is 4. The van der Waals surface area contributed by atoms with Gasteiger partial charge in [-0.1, -0.05) is 6.07 Å². The Morgan fingerprint density at radius 1 is 1.47 bits per heavy atom. The molecule has 1 atom stereocenters. The zero-order valence-electron chi connectivity index (χ0n) is 11.1. The summed E-state index contributed by atoms with van der Waals surface area (Å²) in [5.41, 5.74) is 0.796. The maximum absolute atomic E-state index is 10.1. The van der Waals surface area contributed by atoms with E-state index in [0.717, 1.165) is 31.7 Å². The van der Waals surface area contributed by atoms with Crippen molar-refractivity contribution in [3.63, 3.8) is 0 Å². The van der Waals surface area contributed by atoms with E-state index in [1.165, 1.54) is 0 Å². The first-order valence-electron chi connectivity index (χ1n) is 6.45. The number of nitriles is 1. The van der Waals surface area contributed by atoms with E-state index in [-0.39, 0.29) is 11.8 Å². The number of ether oxygens (including phenoxy) is 1. The van der Waals surface area contributed by atoms with Gasteiger partial charge in [0.1, 0.15) is 11.5 Å². The monoisotopic (exact) mass is 261 g/mol. The summed E-state index contributed by atoms with van der Waals surface area (Å²) in [6, 6.07) is 7.42. The van der Waals surface area contributed by atoms with Gasteiger partial charge in [0, 0.05) is 37.8 Å². The number of nitrogens with one attached hydrogen (secondary N) is 1. The van der Waals surface area contributed by atoms with Crippen LogP contribution >= 0.6 is 0 Å². The molecule has 0 spiro atoms. The van der Waals surface area contributed by atoms with E-state index < -0.39 is 0 Å². The number of hydrogen-bond donors (Lipinski definition) is 2. The maximum atomic E-state index is 10.1. The van der Waals surface area contributed by atoms with E-state index >= 15 is 0 Å². The minimum atomic E-state index is -0.0574. The SMILES string of the molecule is COc1ccc([C@@H](CC#N)N2CCNCC2)c(O)c1. The van der Waals surface area contributed by atoms with Gasteiger partial charge in [0.2, 0.25) is 0 Å². The molecule has 5 heteroatoms. The highest BCUT2D eigenvalue weighted by molar-refractivity contribution is 5.41. The second kappa shape index (κ2) is 6.41. The number of hydrogen-bond acceptors (Lipinski definition) is 5. The zero-order chi connectivity index (χ0) is 13.7. The molecule has 1 aliphatic rings. The fraction of sp³-hybridized carbons (Fsp3) is 0.500. The smallest absolute Gasteiger partial charge is 0.124 e. The van der Waals surface area contributed by atoms with Crippen LogP contribution in [0.1, 0.15) is 18.0 Å². The van der Waals surface area contributed by atoms with Crippen LogP contribution in [0.15, 0.2) is 18.2 Å². The van der Waals surface area contributed by atoms with Crippen molar-refractivity contribution in [2.45, 2.75) is 12.5 Å². The van der Waals surface area contributed by atoms with Gasteiger partial charge >= 0.3 is 0 Å². The van der Waals surface area contributed by atoms with Gasteiger partial charge in [-0.3, -0.25) is 4.90 Å². The summed E-state index contributed by atoms with van der Waals surface area (Å²) in [5, 5.41) is 22.4. The van der Waals surface area contributed by atoms with Gasteiger partial charge in [0.05, 0.1) is 25.6 Å². The molecular formula is C14H19N3O2. The lowest BCUT2D eigenvalue weighted by Crippen LogP contribution is -2.45. The van der Waals surface area contributed by atoms with Crippen molar-refractivity contribution in [2.24, 2.45) is 0 Å². The van der Waals surface area contributed by atoms with Crippen molar-refractivity contribution >= 4 is 0 Å². The van der Waals surface area contributed by atoms with Crippen LogP contribution in [0.4, 0.5) is 0 Å². The Labute approximate surface area is 113 Å². The lowest BCUT2D eigenvalue weighted by atomic mass is 10.0. The highest BCUT2D eigenvalue weighted by Crippen LogP contribution is 2.33. The predicted molar refractivity (Wildman–Crippen MR) is 72.1 cm³/mol. The minimum Gasteiger partial charge on any atom is -0.507 e. The van der Waals surface area contributed by atoms with Gasteiger partial charge in [-0.05, 0) is 6.07 Å². The van der Waals surface area contributed by atoms with Crippen LogP contribution in [0.2, 0.25) is 0 Å². The van der Waals surface area contributed by atoms with Crippen molar-refractivity contribution in [3.05, 3.63) is 23.8 Å². The zero-order valence-corrected chi connectivity index (χ0v) is 11.1. The van der Waals surface area contributed by atoms with Gasteiger partial charge < -0.3 is 15.2 Å². The van der Waals surface area contributed by atoms with E-state index in [9.17, 15) is 5.11 Å². The predicted octanol–water partition coefficient (Wildman–Crippen LogP) is 1.26. The van der Waals surface area contributed by atoms with E-state index in [2.05, 4.69) is 16.3 Å². The van der Waals surface area contributed by atoms with Crippen LogP contribution in [0, 0.1) is 11.3 Å². The summed E-state index contributed by atoms with van der Waals surface area (Å²) in [4.78, 5) is 2.24. The highest BCUT2D eigenvalue weighted by atomic mass is 16.5. The van der Waals surface area contributed by atoms with Gasteiger partial charge in [-0.25, -0.2) is 0 Å². The Balaban J connectivity index is 2.25. The lowest BCUT2D eigenvalue weighted by Gasteiger charge is -2.34. The average Bonchev–Trinajstić information content (AvgIpc) is 2.46. The van der Waals surface area contributed by atoms with Crippen LogP contribution in [0.3, 0.4) is 0 Å². The Morgan fingerprint density at radius 3 is 2.79 bits per heavy atom. The number of aromatic hydroxyl groups is 1. The molecule has 1 fully saturated rings. The highest BCUT2D eigenvalue weighted by Gasteiger charge is 2.24. The van der Waals surface area contributed by atoms with Gasteiger partial charge in [0.15, 0.2) is 0 Å². The molecule has 0 saturated carbocycles. The van der Waals surface area contributed by atoms with Gasteiger partial charge in [-0.15, -0.1) is 0 Å². The Kier molecular flexibility index (Phi) is 4.61. The number of phenolic OH excluding ortho intramolecular Hbond substituents is 1. The maximum Gasteiger partial charge on any atom is 0.124 e. The third kappa shape index (κ3) is 3.16. The number of benzene rings is 1. The first kappa shape index (κ1) is 13.7. The summed E-state index contributed by atoms with van der Waals surface area (Å²) >= 11 is 0. The number of methoxy groups -OCH3 is 1. The molecule has 1 aromatic carbocycles. The molecule has 0 aliphatic carbocycles. The quantitative estimate of drug-likeness (QED) is 0.854. The van der Waals surface area contributed by atoms with E-state index in [4.69, 9.17) is 10.00 Å². The molecule has 0 amide bonds. The molecule has 0 aromatic heterocycles. The Hall–Kier alpha value is -1.77. The largest absolute Gasteiger partial charge is 0.507 e. The molecule has 2 N–H and O–H groups in total. The van der Waals surface area contributed by atoms with Crippen molar-refractivity contribution in [1.29, 1.82) is 5.26 Å². The van der Waals surface area contributed by atoms with E-state index in [1.807, 2.05) is 12.1 Å². The molecule has 1 saturated heterocycles. The third-order valence-electron chi connectivity index (χ3n) is 3.47. The average molecular weight is 261 g/mol. The summed E-state index contributed by atoms with van der Waals surface area (Å²) in [6.45, 7) is 3.60.